The van der Waals surface area contributed by atoms with E-state index in [0.29, 0.717) is 29.7 Å². The molecule has 2 heterocycles. The highest BCUT2D eigenvalue weighted by molar-refractivity contribution is 5.85. The van der Waals surface area contributed by atoms with Gasteiger partial charge in [0.2, 0.25) is 5.91 Å². The Morgan fingerprint density at radius 1 is 1.09 bits per heavy atom. The third-order valence-corrected chi connectivity index (χ3v) is 5.69. The predicted molar refractivity (Wildman–Crippen MR) is 90.0 cm³/mol. The SMILES string of the molecule is Cl.O=C(C1CCCC1)N1C[C@@H]2CNC[C@@H]2[C@@H]1c1ccccc1. The second kappa shape index (κ2) is 6.59. The van der Waals surface area contributed by atoms with Crippen molar-refractivity contribution in [3.8, 4) is 0 Å². The quantitative estimate of drug-likeness (QED) is 0.908. The number of hydrogen-bond donors (Lipinski definition) is 1. The van der Waals surface area contributed by atoms with Gasteiger partial charge in [0.15, 0.2) is 0 Å². The average Bonchev–Trinajstić information content (AvgIpc) is 3.23. The number of nitrogens with one attached hydrogen (secondary N) is 1. The molecule has 0 spiro atoms. The summed E-state index contributed by atoms with van der Waals surface area (Å²) in [6.07, 6.45) is 4.66. The first kappa shape index (κ1) is 15.8. The summed E-state index contributed by atoms with van der Waals surface area (Å²) in [4.78, 5) is 15.2. The molecule has 2 aliphatic heterocycles. The third-order valence-electron chi connectivity index (χ3n) is 5.69. The number of fused-ring (bicyclic) bond motifs is 1. The summed E-state index contributed by atoms with van der Waals surface area (Å²) >= 11 is 0. The number of amides is 1. The Morgan fingerprint density at radius 2 is 1.82 bits per heavy atom. The summed E-state index contributed by atoms with van der Waals surface area (Å²) in [5.74, 6) is 1.96. The molecule has 3 aliphatic rings. The van der Waals surface area contributed by atoms with Crippen LogP contribution in [0.15, 0.2) is 30.3 Å². The second-order valence-electron chi connectivity index (χ2n) is 6.91. The van der Waals surface area contributed by atoms with Gasteiger partial charge < -0.3 is 10.2 Å². The van der Waals surface area contributed by atoms with Gasteiger partial charge in [0.05, 0.1) is 6.04 Å². The summed E-state index contributed by atoms with van der Waals surface area (Å²) in [7, 11) is 0. The molecule has 1 N–H and O–H groups in total. The molecule has 3 nitrogen and oxygen atoms in total. The zero-order valence-electron chi connectivity index (χ0n) is 12.9. The average molecular weight is 321 g/mol. The summed E-state index contributed by atoms with van der Waals surface area (Å²) in [5, 5.41) is 3.52. The number of benzene rings is 1. The normalized spacial score (nSPS) is 31.1. The van der Waals surface area contributed by atoms with E-state index in [1.807, 2.05) is 0 Å². The Hall–Kier alpha value is -1.06. The molecule has 3 atom stereocenters. The number of rotatable bonds is 2. The smallest absolute Gasteiger partial charge is 0.226 e. The maximum Gasteiger partial charge on any atom is 0.226 e. The predicted octanol–water partition coefficient (Wildman–Crippen LogP) is 3.02. The monoisotopic (exact) mass is 320 g/mol. The van der Waals surface area contributed by atoms with E-state index in [0.717, 1.165) is 32.5 Å². The van der Waals surface area contributed by atoms with Crippen LogP contribution in [0, 0.1) is 17.8 Å². The van der Waals surface area contributed by atoms with Gasteiger partial charge >= 0.3 is 0 Å². The first-order valence-electron chi connectivity index (χ1n) is 8.41. The molecule has 1 aromatic rings. The maximum atomic E-state index is 13.0. The molecular formula is C18H25ClN2O. The summed E-state index contributed by atoms with van der Waals surface area (Å²) in [5.41, 5.74) is 1.32. The molecule has 0 unspecified atom stereocenters. The lowest BCUT2D eigenvalue weighted by atomic mass is 9.89. The van der Waals surface area contributed by atoms with Crippen LogP contribution in [0.25, 0.3) is 0 Å². The van der Waals surface area contributed by atoms with Crippen molar-refractivity contribution in [1.82, 2.24) is 10.2 Å². The van der Waals surface area contributed by atoms with Gasteiger partial charge in [-0.25, -0.2) is 0 Å². The molecule has 22 heavy (non-hydrogen) atoms. The molecule has 4 heteroatoms. The molecule has 1 amide bonds. The van der Waals surface area contributed by atoms with Crippen molar-refractivity contribution in [2.24, 2.45) is 17.8 Å². The molecule has 1 aromatic carbocycles. The minimum Gasteiger partial charge on any atom is -0.335 e. The van der Waals surface area contributed by atoms with Crippen molar-refractivity contribution in [2.75, 3.05) is 19.6 Å². The molecule has 1 saturated carbocycles. The van der Waals surface area contributed by atoms with Gasteiger partial charge in [-0.15, -0.1) is 12.4 Å². The first-order valence-corrected chi connectivity index (χ1v) is 8.41. The van der Waals surface area contributed by atoms with E-state index in [4.69, 9.17) is 0 Å². The summed E-state index contributed by atoms with van der Waals surface area (Å²) in [6, 6.07) is 10.9. The number of carbonyl (C=O) groups is 1. The topological polar surface area (TPSA) is 32.3 Å². The van der Waals surface area contributed by atoms with Crippen LogP contribution in [-0.2, 0) is 4.79 Å². The number of likely N-dealkylation sites (tertiary alicyclic amines) is 1. The van der Waals surface area contributed by atoms with Gasteiger partial charge in [0, 0.05) is 31.5 Å². The fraction of sp³-hybridized carbons (Fsp3) is 0.611. The third kappa shape index (κ3) is 2.65. The van der Waals surface area contributed by atoms with Crippen LogP contribution >= 0.6 is 12.4 Å². The van der Waals surface area contributed by atoms with Crippen molar-refractivity contribution in [1.29, 1.82) is 0 Å². The van der Waals surface area contributed by atoms with Gasteiger partial charge in [-0.3, -0.25) is 4.79 Å². The van der Waals surface area contributed by atoms with E-state index in [9.17, 15) is 4.79 Å². The molecule has 0 radical (unpaired) electrons. The minimum absolute atomic E-state index is 0. The second-order valence-corrected chi connectivity index (χ2v) is 6.91. The van der Waals surface area contributed by atoms with Crippen LogP contribution in [0.1, 0.15) is 37.3 Å². The fourth-order valence-electron chi connectivity index (χ4n) is 4.63. The number of carbonyl (C=O) groups excluding carboxylic acids is 1. The van der Waals surface area contributed by atoms with Crippen LogP contribution in [0.5, 0.6) is 0 Å². The van der Waals surface area contributed by atoms with Crippen molar-refractivity contribution in [3.63, 3.8) is 0 Å². The highest BCUT2D eigenvalue weighted by atomic mass is 35.5. The van der Waals surface area contributed by atoms with Crippen molar-refractivity contribution >= 4 is 18.3 Å². The highest BCUT2D eigenvalue weighted by Gasteiger charge is 2.47. The number of nitrogens with zero attached hydrogens (tertiary/aromatic N) is 1. The van der Waals surface area contributed by atoms with E-state index in [-0.39, 0.29) is 12.4 Å². The largest absolute Gasteiger partial charge is 0.335 e. The highest BCUT2D eigenvalue weighted by Crippen LogP contribution is 2.44. The van der Waals surface area contributed by atoms with Crippen molar-refractivity contribution in [3.05, 3.63) is 35.9 Å². The summed E-state index contributed by atoms with van der Waals surface area (Å²) in [6.45, 7) is 3.08. The minimum atomic E-state index is 0. The van der Waals surface area contributed by atoms with Gasteiger partial charge in [-0.2, -0.15) is 0 Å². The van der Waals surface area contributed by atoms with Crippen LogP contribution in [0.3, 0.4) is 0 Å². The van der Waals surface area contributed by atoms with Gasteiger partial charge in [-0.1, -0.05) is 43.2 Å². The van der Waals surface area contributed by atoms with E-state index < -0.39 is 0 Å². The van der Waals surface area contributed by atoms with Crippen LogP contribution in [0.4, 0.5) is 0 Å². The number of hydrogen-bond acceptors (Lipinski definition) is 2. The van der Waals surface area contributed by atoms with Gasteiger partial charge in [0.25, 0.3) is 0 Å². The van der Waals surface area contributed by atoms with E-state index in [1.165, 1.54) is 18.4 Å². The van der Waals surface area contributed by atoms with E-state index >= 15 is 0 Å². The summed E-state index contributed by atoms with van der Waals surface area (Å²) < 4.78 is 0. The lowest BCUT2D eigenvalue weighted by Crippen LogP contribution is -2.37. The molecule has 3 fully saturated rings. The van der Waals surface area contributed by atoms with Crippen LogP contribution in [0.2, 0.25) is 0 Å². The lowest BCUT2D eigenvalue weighted by Gasteiger charge is -2.30. The van der Waals surface area contributed by atoms with E-state index in [2.05, 4.69) is 40.5 Å². The van der Waals surface area contributed by atoms with Crippen LogP contribution < -0.4 is 5.32 Å². The zero-order valence-corrected chi connectivity index (χ0v) is 13.7. The molecule has 120 valence electrons. The van der Waals surface area contributed by atoms with Crippen molar-refractivity contribution in [2.45, 2.75) is 31.7 Å². The van der Waals surface area contributed by atoms with Crippen molar-refractivity contribution < 1.29 is 4.79 Å². The number of halogens is 1. The Balaban J connectivity index is 0.00000144. The Bertz CT molecular complexity index is 515. The molecule has 4 rings (SSSR count). The molecular weight excluding hydrogens is 296 g/mol. The molecule has 0 bridgehead atoms. The Kier molecular flexibility index (Phi) is 4.74. The van der Waals surface area contributed by atoms with E-state index in [1.54, 1.807) is 0 Å². The maximum absolute atomic E-state index is 13.0. The Morgan fingerprint density at radius 3 is 2.55 bits per heavy atom. The first-order chi connectivity index (χ1) is 10.3. The molecule has 0 aromatic heterocycles. The lowest BCUT2D eigenvalue weighted by molar-refractivity contribution is -0.136. The van der Waals surface area contributed by atoms with Gasteiger partial charge in [0.1, 0.15) is 0 Å². The molecule has 2 saturated heterocycles. The zero-order chi connectivity index (χ0) is 14.2. The molecule has 1 aliphatic carbocycles. The fourth-order valence-corrected chi connectivity index (χ4v) is 4.63. The standard InChI is InChI=1S/C18H24N2O.ClH/c21-18(14-8-4-5-9-14)20-12-15-10-19-11-16(15)17(20)13-6-2-1-3-7-13;/h1-3,6-7,14-17,19H,4-5,8-12H2;1H/t15-,16-,17-;/m0./s1. The Labute approximate surface area is 138 Å². The van der Waals surface area contributed by atoms with Gasteiger partial charge in [-0.05, 0) is 24.3 Å². The van der Waals surface area contributed by atoms with Crippen LogP contribution in [-0.4, -0.2) is 30.4 Å².